The summed E-state index contributed by atoms with van der Waals surface area (Å²) in [5.41, 5.74) is 1.05. The number of anilines is 2. The van der Waals surface area contributed by atoms with Crippen molar-refractivity contribution in [1.82, 2.24) is 0 Å². The maximum Gasteiger partial charge on any atom is 0.221 e. The standard InChI is InChI=1S/C15H23FN2O/c1-4-5-6-7-11(2)17-15-10-13(18-12(3)19)8-9-14(15)16/h8-11,17H,4-7H2,1-3H3,(H,18,19). The first-order valence-electron chi connectivity index (χ1n) is 6.86. The third-order valence-corrected chi connectivity index (χ3v) is 2.93. The van der Waals surface area contributed by atoms with Gasteiger partial charge in [0.1, 0.15) is 5.82 Å². The van der Waals surface area contributed by atoms with Gasteiger partial charge >= 0.3 is 0 Å². The summed E-state index contributed by atoms with van der Waals surface area (Å²) in [6, 6.07) is 4.77. The lowest BCUT2D eigenvalue weighted by molar-refractivity contribution is -0.114. The first kappa shape index (κ1) is 15.5. The molecule has 3 nitrogen and oxygen atoms in total. The van der Waals surface area contributed by atoms with E-state index in [0.717, 1.165) is 12.8 Å². The van der Waals surface area contributed by atoms with Crippen molar-refractivity contribution < 1.29 is 9.18 Å². The molecule has 0 bridgehead atoms. The van der Waals surface area contributed by atoms with E-state index >= 15 is 0 Å². The molecular weight excluding hydrogens is 243 g/mol. The molecule has 0 aliphatic heterocycles. The van der Waals surface area contributed by atoms with E-state index in [2.05, 4.69) is 17.6 Å². The van der Waals surface area contributed by atoms with Crippen molar-refractivity contribution in [2.75, 3.05) is 10.6 Å². The highest BCUT2D eigenvalue weighted by Gasteiger charge is 2.08. The van der Waals surface area contributed by atoms with Crippen LogP contribution < -0.4 is 10.6 Å². The minimum atomic E-state index is -0.295. The third-order valence-electron chi connectivity index (χ3n) is 2.93. The molecule has 0 saturated carbocycles. The van der Waals surface area contributed by atoms with E-state index in [9.17, 15) is 9.18 Å². The molecular formula is C15H23FN2O. The van der Waals surface area contributed by atoms with E-state index in [1.807, 2.05) is 6.92 Å². The molecule has 0 aliphatic rings. The van der Waals surface area contributed by atoms with Crippen molar-refractivity contribution >= 4 is 17.3 Å². The highest BCUT2D eigenvalue weighted by molar-refractivity contribution is 5.89. The van der Waals surface area contributed by atoms with Gasteiger partial charge in [-0.05, 0) is 31.5 Å². The number of benzene rings is 1. The Balaban J connectivity index is 2.63. The molecule has 106 valence electrons. The molecule has 0 aliphatic carbocycles. The molecule has 0 spiro atoms. The molecule has 1 atom stereocenters. The summed E-state index contributed by atoms with van der Waals surface area (Å²) in [5.74, 6) is -0.454. The SMILES string of the molecule is CCCCCC(C)Nc1cc(NC(C)=O)ccc1F. The minimum absolute atomic E-state index is 0.159. The van der Waals surface area contributed by atoms with Crippen molar-refractivity contribution in [2.24, 2.45) is 0 Å². The zero-order valence-corrected chi connectivity index (χ0v) is 11.9. The van der Waals surface area contributed by atoms with E-state index in [-0.39, 0.29) is 17.8 Å². The Kier molecular flexibility index (Phi) is 6.33. The van der Waals surface area contributed by atoms with Crippen LogP contribution in [0.3, 0.4) is 0 Å². The van der Waals surface area contributed by atoms with Crippen LogP contribution in [0, 0.1) is 5.82 Å². The van der Waals surface area contributed by atoms with Crippen LogP contribution in [-0.4, -0.2) is 11.9 Å². The number of hydrogen-bond acceptors (Lipinski definition) is 2. The van der Waals surface area contributed by atoms with Crippen molar-refractivity contribution in [1.29, 1.82) is 0 Å². The maximum absolute atomic E-state index is 13.7. The Bertz CT molecular complexity index is 421. The highest BCUT2D eigenvalue weighted by atomic mass is 19.1. The number of amides is 1. The first-order chi connectivity index (χ1) is 9.02. The second kappa shape index (κ2) is 7.77. The summed E-state index contributed by atoms with van der Waals surface area (Å²) in [7, 11) is 0. The molecule has 0 saturated heterocycles. The number of carbonyl (C=O) groups excluding carboxylic acids is 1. The molecule has 1 amide bonds. The van der Waals surface area contributed by atoms with Crippen LogP contribution in [-0.2, 0) is 4.79 Å². The van der Waals surface area contributed by atoms with Gasteiger partial charge in [0.05, 0.1) is 5.69 Å². The summed E-state index contributed by atoms with van der Waals surface area (Å²) in [5, 5.41) is 5.81. The Morgan fingerprint density at radius 3 is 2.74 bits per heavy atom. The number of nitrogens with one attached hydrogen (secondary N) is 2. The molecule has 1 aromatic carbocycles. The summed E-state index contributed by atoms with van der Waals surface area (Å²) in [4.78, 5) is 11.0. The van der Waals surface area contributed by atoms with Crippen LogP contribution in [0.5, 0.6) is 0 Å². The maximum atomic E-state index is 13.7. The quantitative estimate of drug-likeness (QED) is 0.727. The van der Waals surface area contributed by atoms with Crippen LogP contribution in [0.15, 0.2) is 18.2 Å². The van der Waals surface area contributed by atoms with Crippen molar-refractivity contribution in [3.63, 3.8) is 0 Å². The Morgan fingerprint density at radius 1 is 1.37 bits per heavy atom. The Labute approximate surface area is 114 Å². The largest absolute Gasteiger partial charge is 0.380 e. The Morgan fingerprint density at radius 2 is 2.11 bits per heavy atom. The van der Waals surface area contributed by atoms with Gasteiger partial charge in [-0.25, -0.2) is 4.39 Å². The topological polar surface area (TPSA) is 41.1 Å². The number of carbonyl (C=O) groups is 1. The molecule has 0 heterocycles. The van der Waals surface area contributed by atoms with Gasteiger partial charge in [0.15, 0.2) is 0 Å². The average Bonchev–Trinajstić information content (AvgIpc) is 2.33. The number of unbranched alkanes of at least 4 members (excludes halogenated alkanes) is 2. The van der Waals surface area contributed by atoms with Crippen molar-refractivity contribution in [3.8, 4) is 0 Å². The fourth-order valence-corrected chi connectivity index (χ4v) is 1.96. The van der Waals surface area contributed by atoms with E-state index in [4.69, 9.17) is 0 Å². The molecule has 0 fully saturated rings. The van der Waals surface area contributed by atoms with Gasteiger partial charge in [-0.2, -0.15) is 0 Å². The normalized spacial score (nSPS) is 12.0. The molecule has 0 aromatic heterocycles. The zero-order valence-electron chi connectivity index (χ0n) is 11.9. The molecule has 1 rings (SSSR count). The van der Waals surface area contributed by atoms with Crippen LogP contribution in [0.4, 0.5) is 15.8 Å². The first-order valence-corrected chi connectivity index (χ1v) is 6.86. The molecule has 1 aromatic rings. The number of halogens is 1. The van der Waals surface area contributed by atoms with Crippen molar-refractivity contribution in [2.45, 2.75) is 52.5 Å². The summed E-state index contributed by atoms with van der Waals surface area (Å²) in [6.45, 7) is 5.64. The predicted octanol–water partition coefficient (Wildman–Crippen LogP) is 4.16. The monoisotopic (exact) mass is 266 g/mol. The lowest BCUT2D eigenvalue weighted by atomic mass is 10.1. The van der Waals surface area contributed by atoms with Gasteiger partial charge in [0, 0.05) is 18.7 Å². The highest BCUT2D eigenvalue weighted by Crippen LogP contribution is 2.21. The van der Waals surface area contributed by atoms with E-state index < -0.39 is 0 Å². The van der Waals surface area contributed by atoms with Crippen LogP contribution >= 0.6 is 0 Å². The van der Waals surface area contributed by atoms with Gasteiger partial charge in [0.25, 0.3) is 0 Å². The number of rotatable bonds is 7. The van der Waals surface area contributed by atoms with E-state index in [1.165, 1.54) is 25.8 Å². The molecule has 2 N–H and O–H groups in total. The third kappa shape index (κ3) is 5.73. The summed E-state index contributed by atoms with van der Waals surface area (Å²) < 4.78 is 13.7. The molecule has 4 heteroatoms. The number of hydrogen-bond donors (Lipinski definition) is 2. The van der Waals surface area contributed by atoms with E-state index in [0.29, 0.717) is 11.4 Å². The Hall–Kier alpha value is -1.58. The van der Waals surface area contributed by atoms with Gasteiger partial charge < -0.3 is 10.6 Å². The minimum Gasteiger partial charge on any atom is -0.380 e. The fourth-order valence-electron chi connectivity index (χ4n) is 1.96. The van der Waals surface area contributed by atoms with Crippen LogP contribution in [0.2, 0.25) is 0 Å². The van der Waals surface area contributed by atoms with Gasteiger partial charge in [-0.3, -0.25) is 4.79 Å². The lowest BCUT2D eigenvalue weighted by Crippen LogP contribution is -2.16. The summed E-state index contributed by atoms with van der Waals surface area (Å²) >= 11 is 0. The smallest absolute Gasteiger partial charge is 0.221 e. The second-order valence-electron chi connectivity index (χ2n) is 4.92. The molecule has 1 unspecified atom stereocenters. The lowest BCUT2D eigenvalue weighted by Gasteiger charge is -2.16. The van der Waals surface area contributed by atoms with Gasteiger partial charge in [0.2, 0.25) is 5.91 Å². The van der Waals surface area contributed by atoms with Gasteiger partial charge in [-0.15, -0.1) is 0 Å². The zero-order chi connectivity index (χ0) is 14.3. The molecule has 19 heavy (non-hydrogen) atoms. The van der Waals surface area contributed by atoms with Crippen molar-refractivity contribution in [3.05, 3.63) is 24.0 Å². The van der Waals surface area contributed by atoms with E-state index in [1.54, 1.807) is 12.1 Å². The van der Waals surface area contributed by atoms with Gasteiger partial charge in [-0.1, -0.05) is 26.2 Å². The predicted molar refractivity (Wildman–Crippen MR) is 77.9 cm³/mol. The fraction of sp³-hybridized carbons (Fsp3) is 0.533. The van der Waals surface area contributed by atoms with Crippen LogP contribution in [0.25, 0.3) is 0 Å². The average molecular weight is 266 g/mol. The second-order valence-corrected chi connectivity index (χ2v) is 4.92. The van der Waals surface area contributed by atoms with Crippen LogP contribution in [0.1, 0.15) is 46.5 Å². The summed E-state index contributed by atoms with van der Waals surface area (Å²) in [6.07, 6.45) is 4.52. The molecule has 0 radical (unpaired) electrons.